The molecule has 6 aromatic carbocycles. The average molecular weight is 569 g/mol. The molecular formula is C42H36N2. The van der Waals surface area contributed by atoms with Crippen LogP contribution in [0, 0.1) is 0 Å². The Balaban J connectivity index is 0.00000153. The SMILES string of the molecule is C/C=c1\c(=C/C)n(-c2ccccc2)c2ccc(-c3ccc4c(c3)c3ccccc3n4-c3cccc4ccccc34)cc12.CC. The zero-order valence-electron chi connectivity index (χ0n) is 25.8. The van der Waals surface area contributed by atoms with E-state index in [1.54, 1.807) is 0 Å². The first-order valence-corrected chi connectivity index (χ1v) is 15.6. The van der Waals surface area contributed by atoms with Gasteiger partial charge in [-0.15, -0.1) is 0 Å². The van der Waals surface area contributed by atoms with Gasteiger partial charge >= 0.3 is 0 Å². The number of hydrogen-bond donors (Lipinski definition) is 0. The molecule has 0 aliphatic rings. The maximum atomic E-state index is 2.42. The van der Waals surface area contributed by atoms with Gasteiger partial charge in [-0.2, -0.15) is 0 Å². The summed E-state index contributed by atoms with van der Waals surface area (Å²) >= 11 is 0. The van der Waals surface area contributed by atoms with E-state index >= 15 is 0 Å². The summed E-state index contributed by atoms with van der Waals surface area (Å²) in [5.74, 6) is 0. The molecule has 2 heteroatoms. The van der Waals surface area contributed by atoms with Crippen LogP contribution in [0.4, 0.5) is 0 Å². The molecule has 0 aliphatic carbocycles. The highest BCUT2D eigenvalue weighted by molar-refractivity contribution is 6.11. The molecule has 0 saturated carbocycles. The van der Waals surface area contributed by atoms with E-state index in [1.807, 2.05) is 13.8 Å². The number of rotatable bonds is 3. The van der Waals surface area contributed by atoms with Gasteiger partial charge in [0.2, 0.25) is 0 Å². The topological polar surface area (TPSA) is 9.86 Å². The monoisotopic (exact) mass is 568 g/mol. The third kappa shape index (κ3) is 4.26. The second kappa shape index (κ2) is 11.4. The van der Waals surface area contributed by atoms with E-state index in [-0.39, 0.29) is 0 Å². The highest BCUT2D eigenvalue weighted by Crippen LogP contribution is 2.37. The summed E-state index contributed by atoms with van der Waals surface area (Å²) in [4.78, 5) is 0. The second-order valence-corrected chi connectivity index (χ2v) is 10.9. The molecule has 0 radical (unpaired) electrons. The van der Waals surface area contributed by atoms with E-state index in [0.29, 0.717) is 0 Å². The minimum atomic E-state index is 1.18. The summed E-state index contributed by atoms with van der Waals surface area (Å²) in [7, 11) is 0. The highest BCUT2D eigenvalue weighted by Gasteiger charge is 2.16. The van der Waals surface area contributed by atoms with Crippen molar-refractivity contribution in [3.05, 3.63) is 144 Å². The lowest BCUT2D eigenvalue weighted by atomic mass is 10.0. The van der Waals surface area contributed by atoms with Crippen molar-refractivity contribution in [2.75, 3.05) is 0 Å². The van der Waals surface area contributed by atoms with E-state index in [0.717, 1.165) is 0 Å². The van der Waals surface area contributed by atoms with Crippen LogP contribution in [-0.4, -0.2) is 9.13 Å². The molecule has 2 nitrogen and oxygen atoms in total. The first-order chi connectivity index (χ1) is 21.8. The maximum absolute atomic E-state index is 2.42. The van der Waals surface area contributed by atoms with Crippen LogP contribution in [0.2, 0.25) is 0 Å². The van der Waals surface area contributed by atoms with Crippen molar-refractivity contribution >= 4 is 55.6 Å². The lowest BCUT2D eigenvalue weighted by molar-refractivity contribution is 1.07. The molecule has 8 aromatic rings. The lowest BCUT2D eigenvalue weighted by Crippen LogP contribution is -2.27. The summed E-state index contributed by atoms with van der Waals surface area (Å²) in [6.07, 6.45) is 4.46. The minimum absolute atomic E-state index is 1.18. The number of fused-ring (bicyclic) bond motifs is 5. The standard InChI is InChI=1S/C40H30N2.C2H6/c1-3-31-34-25-28(21-23-39(34)41(36(31)4-2)30-15-6-5-7-16-30)29-22-24-40-35(26-29)33-18-10-11-19-38(33)42(40)37-20-12-14-27-13-8-9-17-32(27)37;1-2/h3-26H,1-2H3;1-2H3/b31-3-,36-4+;. The van der Waals surface area contributed by atoms with Crippen LogP contribution in [0.5, 0.6) is 0 Å². The van der Waals surface area contributed by atoms with Gasteiger partial charge in [-0.05, 0) is 78.9 Å². The predicted molar refractivity (Wildman–Crippen MR) is 191 cm³/mol. The van der Waals surface area contributed by atoms with Crippen molar-refractivity contribution in [2.24, 2.45) is 0 Å². The van der Waals surface area contributed by atoms with E-state index in [2.05, 4.69) is 169 Å². The third-order valence-corrected chi connectivity index (χ3v) is 8.63. The molecule has 0 unspecified atom stereocenters. The summed E-state index contributed by atoms with van der Waals surface area (Å²) in [5, 5.41) is 8.81. The number of benzene rings is 6. The molecule has 44 heavy (non-hydrogen) atoms. The van der Waals surface area contributed by atoms with Crippen LogP contribution in [0.25, 0.3) is 78.1 Å². The van der Waals surface area contributed by atoms with Crippen LogP contribution < -0.4 is 10.6 Å². The van der Waals surface area contributed by atoms with Gasteiger partial charge in [-0.1, -0.05) is 111 Å². The van der Waals surface area contributed by atoms with Gasteiger partial charge in [-0.25, -0.2) is 0 Å². The first kappa shape index (κ1) is 27.5. The van der Waals surface area contributed by atoms with Crippen molar-refractivity contribution in [1.82, 2.24) is 9.13 Å². The number of hydrogen-bond acceptors (Lipinski definition) is 0. The van der Waals surface area contributed by atoms with Gasteiger partial charge in [0.1, 0.15) is 0 Å². The van der Waals surface area contributed by atoms with E-state index in [1.165, 1.54) is 76.6 Å². The van der Waals surface area contributed by atoms with Crippen molar-refractivity contribution in [1.29, 1.82) is 0 Å². The zero-order valence-corrected chi connectivity index (χ0v) is 25.8. The first-order valence-electron chi connectivity index (χ1n) is 15.6. The molecule has 0 fully saturated rings. The van der Waals surface area contributed by atoms with Crippen LogP contribution in [-0.2, 0) is 0 Å². The van der Waals surface area contributed by atoms with Gasteiger partial charge in [0.15, 0.2) is 0 Å². The summed E-state index contributed by atoms with van der Waals surface area (Å²) in [5.41, 5.74) is 8.51. The van der Waals surface area contributed by atoms with Crippen LogP contribution in [0.15, 0.2) is 133 Å². The van der Waals surface area contributed by atoms with Gasteiger partial charge < -0.3 is 9.13 Å². The van der Waals surface area contributed by atoms with Crippen LogP contribution >= 0.6 is 0 Å². The Kier molecular flexibility index (Phi) is 7.12. The third-order valence-electron chi connectivity index (χ3n) is 8.63. The molecule has 2 heterocycles. The highest BCUT2D eigenvalue weighted by atomic mass is 15.0. The number of para-hydroxylation sites is 2. The largest absolute Gasteiger partial charge is 0.310 e. The average Bonchev–Trinajstić information content (AvgIpc) is 3.60. The molecule has 0 atom stereocenters. The van der Waals surface area contributed by atoms with Gasteiger partial charge in [0.25, 0.3) is 0 Å². The van der Waals surface area contributed by atoms with Crippen molar-refractivity contribution < 1.29 is 0 Å². The number of aromatic nitrogens is 2. The van der Waals surface area contributed by atoms with Gasteiger partial charge in [0.05, 0.1) is 22.2 Å². The maximum Gasteiger partial charge on any atom is 0.0541 e. The zero-order chi connectivity index (χ0) is 30.2. The quantitative estimate of drug-likeness (QED) is 0.201. The summed E-state index contributed by atoms with van der Waals surface area (Å²) in [6, 6.07) is 48.5. The molecule has 214 valence electrons. The minimum Gasteiger partial charge on any atom is -0.310 e. The van der Waals surface area contributed by atoms with Crippen LogP contribution in [0.1, 0.15) is 27.7 Å². The number of nitrogens with zero attached hydrogens (tertiary/aromatic N) is 2. The Bertz CT molecular complexity index is 2420. The smallest absolute Gasteiger partial charge is 0.0541 e. The van der Waals surface area contributed by atoms with Crippen molar-refractivity contribution in [2.45, 2.75) is 27.7 Å². The summed E-state index contributed by atoms with van der Waals surface area (Å²) < 4.78 is 4.79. The van der Waals surface area contributed by atoms with Gasteiger partial charge in [-0.3, -0.25) is 0 Å². The lowest BCUT2D eigenvalue weighted by Gasteiger charge is -2.12. The fourth-order valence-corrected chi connectivity index (χ4v) is 6.77. The Morgan fingerprint density at radius 3 is 1.77 bits per heavy atom. The van der Waals surface area contributed by atoms with Crippen molar-refractivity contribution in [3.63, 3.8) is 0 Å². The van der Waals surface area contributed by atoms with E-state index in [9.17, 15) is 0 Å². The molecular weight excluding hydrogens is 532 g/mol. The molecule has 0 spiro atoms. The van der Waals surface area contributed by atoms with E-state index in [4.69, 9.17) is 0 Å². The Hall–Kier alpha value is -5.34. The Morgan fingerprint density at radius 1 is 0.455 bits per heavy atom. The molecule has 0 bridgehead atoms. The second-order valence-electron chi connectivity index (χ2n) is 10.9. The summed E-state index contributed by atoms with van der Waals surface area (Å²) in [6.45, 7) is 8.26. The van der Waals surface area contributed by atoms with Gasteiger partial charge in [0, 0.05) is 37.8 Å². The normalized spacial score (nSPS) is 12.4. The Morgan fingerprint density at radius 2 is 1.05 bits per heavy atom. The predicted octanol–water partition coefficient (Wildman–Crippen LogP) is 10.2. The Labute approximate surface area is 258 Å². The molecule has 0 N–H and O–H groups in total. The van der Waals surface area contributed by atoms with Crippen LogP contribution in [0.3, 0.4) is 0 Å². The van der Waals surface area contributed by atoms with Crippen molar-refractivity contribution in [3.8, 4) is 22.5 Å². The molecule has 0 aliphatic heterocycles. The molecule has 2 aromatic heterocycles. The van der Waals surface area contributed by atoms with E-state index < -0.39 is 0 Å². The fraction of sp³-hybridized carbons (Fsp3) is 0.0952. The molecule has 0 amide bonds. The fourth-order valence-electron chi connectivity index (χ4n) is 6.77. The molecule has 8 rings (SSSR count). The molecule has 0 saturated heterocycles.